The number of hydrogen-bond donors (Lipinski definition) is 0. The highest BCUT2D eigenvalue weighted by molar-refractivity contribution is 6.32. The summed E-state index contributed by atoms with van der Waals surface area (Å²) in [6.07, 6.45) is 5.50. The van der Waals surface area contributed by atoms with E-state index in [1.807, 2.05) is 12.1 Å². The molecule has 0 N–H and O–H groups in total. The van der Waals surface area contributed by atoms with Gasteiger partial charge in [-0.25, -0.2) is 0 Å². The Morgan fingerprint density at radius 1 is 1.10 bits per heavy atom. The van der Waals surface area contributed by atoms with Crippen molar-refractivity contribution in [3.05, 3.63) is 28.8 Å². The minimum Gasteiger partial charge on any atom is -0.368 e. The summed E-state index contributed by atoms with van der Waals surface area (Å²) in [5, 5.41) is 9.84. The van der Waals surface area contributed by atoms with Crippen LogP contribution in [0, 0.1) is 11.3 Å². The summed E-state index contributed by atoms with van der Waals surface area (Å²) in [6.45, 7) is 4.18. The number of rotatable bonds is 2. The van der Waals surface area contributed by atoms with Gasteiger partial charge in [0.1, 0.15) is 6.07 Å². The van der Waals surface area contributed by atoms with E-state index in [2.05, 4.69) is 15.9 Å². The average Bonchev–Trinajstić information content (AvgIpc) is 3.01. The molecule has 20 heavy (non-hydrogen) atoms. The predicted molar refractivity (Wildman–Crippen MR) is 82.2 cm³/mol. The number of piperazine rings is 1. The van der Waals surface area contributed by atoms with Crippen LogP contribution in [0.2, 0.25) is 5.02 Å². The molecule has 1 aromatic rings. The lowest BCUT2D eigenvalue weighted by atomic mass is 10.1. The molecule has 0 spiro atoms. The smallest absolute Gasteiger partial charge is 0.103 e. The molecule has 3 nitrogen and oxygen atoms in total. The molecule has 0 radical (unpaired) electrons. The second-order valence-corrected chi connectivity index (χ2v) is 6.11. The number of benzene rings is 1. The van der Waals surface area contributed by atoms with Crippen LogP contribution in [0.25, 0.3) is 0 Å². The molecule has 0 amide bonds. The van der Waals surface area contributed by atoms with Crippen molar-refractivity contribution in [2.45, 2.75) is 31.7 Å². The van der Waals surface area contributed by atoms with Crippen molar-refractivity contribution < 1.29 is 0 Å². The Labute approximate surface area is 125 Å². The second-order valence-electron chi connectivity index (χ2n) is 5.71. The molecule has 1 saturated carbocycles. The first kappa shape index (κ1) is 13.7. The summed E-state index contributed by atoms with van der Waals surface area (Å²) in [6, 6.07) is 8.77. The Kier molecular flexibility index (Phi) is 4.14. The molecule has 0 bridgehead atoms. The summed E-state index contributed by atoms with van der Waals surface area (Å²) in [4.78, 5) is 4.93. The third kappa shape index (κ3) is 2.63. The first-order valence-corrected chi connectivity index (χ1v) is 7.85. The van der Waals surface area contributed by atoms with Crippen molar-refractivity contribution in [3.8, 4) is 6.07 Å². The average molecular weight is 290 g/mol. The van der Waals surface area contributed by atoms with Gasteiger partial charge in [0.15, 0.2) is 0 Å². The third-order valence-corrected chi connectivity index (χ3v) is 4.91. The van der Waals surface area contributed by atoms with Crippen molar-refractivity contribution >= 4 is 17.3 Å². The van der Waals surface area contributed by atoms with Gasteiger partial charge >= 0.3 is 0 Å². The van der Waals surface area contributed by atoms with Crippen LogP contribution in [0.5, 0.6) is 0 Å². The summed E-state index contributed by atoms with van der Waals surface area (Å²) in [5.74, 6) is 0. The van der Waals surface area contributed by atoms with E-state index in [4.69, 9.17) is 11.6 Å². The van der Waals surface area contributed by atoms with Gasteiger partial charge in [-0.05, 0) is 25.0 Å². The van der Waals surface area contributed by atoms with Gasteiger partial charge in [0.25, 0.3) is 0 Å². The van der Waals surface area contributed by atoms with Crippen LogP contribution in [-0.2, 0) is 0 Å². The molecule has 1 aromatic carbocycles. The molecular weight excluding hydrogens is 270 g/mol. The fourth-order valence-corrected chi connectivity index (χ4v) is 3.70. The van der Waals surface area contributed by atoms with E-state index in [9.17, 15) is 5.26 Å². The van der Waals surface area contributed by atoms with E-state index in [1.54, 1.807) is 6.07 Å². The van der Waals surface area contributed by atoms with Crippen molar-refractivity contribution in [2.24, 2.45) is 0 Å². The van der Waals surface area contributed by atoms with Crippen LogP contribution in [0.1, 0.15) is 31.2 Å². The monoisotopic (exact) mass is 289 g/mol. The molecule has 2 aliphatic rings. The van der Waals surface area contributed by atoms with Gasteiger partial charge in [-0.2, -0.15) is 5.26 Å². The molecule has 1 heterocycles. The fraction of sp³-hybridized carbons (Fsp3) is 0.562. The van der Waals surface area contributed by atoms with E-state index >= 15 is 0 Å². The third-order valence-electron chi connectivity index (χ3n) is 4.60. The Balaban J connectivity index is 1.69. The number of nitrogens with zero attached hydrogens (tertiary/aromatic N) is 3. The molecule has 106 valence electrons. The fourth-order valence-electron chi connectivity index (χ4n) is 3.48. The molecular formula is C16H20ClN3. The minimum absolute atomic E-state index is 0.559. The predicted octanol–water partition coefficient (Wildman–Crippen LogP) is 3.28. The lowest BCUT2D eigenvalue weighted by Crippen LogP contribution is -2.49. The van der Waals surface area contributed by atoms with E-state index in [0.29, 0.717) is 10.6 Å². The summed E-state index contributed by atoms with van der Waals surface area (Å²) >= 11 is 6.12. The SMILES string of the molecule is N#Cc1c(Cl)cccc1N1CCN(C2CCCC2)CC1. The maximum absolute atomic E-state index is 9.28. The Morgan fingerprint density at radius 3 is 2.45 bits per heavy atom. The quantitative estimate of drug-likeness (QED) is 0.837. The molecule has 2 fully saturated rings. The van der Waals surface area contributed by atoms with Crippen LogP contribution in [0.4, 0.5) is 5.69 Å². The van der Waals surface area contributed by atoms with Crippen molar-refractivity contribution in [1.29, 1.82) is 5.26 Å². The minimum atomic E-state index is 0.559. The lowest BCUT2D eigenvalue weighted by Gasteiger charge is -2.39. The Hall–Kier alpha value is -1.24. The molecule has 1 aliphatic carbocycles. The van der Waals surface area contributed by atoms with E-state index in [0.717, 1.165) is 37.9 Å². The van der Waals surface area contributed by atoms with Crippen LogP contribution in [0.15, 0.2) is 18.2 Å². The molecule has 1 saturated heterocycles. The first-order chi connectivity index (χ1) is 9.79. The lowest BCUT2D eigenvalue weighted by molar-refractivity contribution is 0.187. The highest BCUT2D eigenvalue weighted by Crippen LogP contribution is 2.29. The molecule has 3 rings (SSSR count). The standard InChI is InChI=1S/C16H20ClN3/c17-15-6-3-7-16(14(15)12-18)20-10-8-19(9-11-20)13-4-1-2-5-13/h3,6-7,13H,1-2,4-5,8-11H2. The van der Waals surface area contributed by atoms with Gasteiger partial charge in [-0.1, -0.05) is 30.5 Å². The van der Waals surface area contributed by atoms with Crippen LogP contribution < -0.4 is 4.90 Å². The summed E-state index contributed by atoms with van der Waals surface area (Å²) in [7, 11) is 0. The van der Waals surface area contributed by atoms with Crippen LogP contribution in [0.3, 0.4) is 0 Å². The second kappa shape index (κ2) is 6.03. The molecule has 0 atom stereocenters. The van der Waals surface area contributed by atoms with Crippen LogP contribution in [-0.4, -0.2) is 37.1 Å². The zero-order valence-corrected chi connectivity index (χ0v) is 12.4. The Morgan fingerprint density at radius 2 is 1.80 bits per heavy atom. The Bertz CT molecular complexity index is 509. The summed E-state index contributed by atoms with van der Waals surface area (Å²) < 4.78 is 0. The van der Waals surface area contributed by atoms with Gasteiger partial charge in [-0.3, -0.25) is 4.90 Å². The van der Waals surface area contributed by atoms with Gasteiger partial charge in [0, 0.05) is 32.2 Å². The number of nitriles is 1. The zero-order chi connectivity index (χ0) is 13.9. The number of hydrogen-bond acceptors (Lipinski definition) is 3. The van der Waals surface area contributed by atoms with E-state index in [-0.39, 0.29) is 0 Å². The number of halogens is 1. The van der Waals surface area contributed by atoms with E-state index < -0.39 is 0 Å². The molecule has 0 unspecified atom stereocenters. The van der Waals surface area contributed by atoms with Gasteiger partial charge in [0.2, 0.25) is 0 Å². The van der Waals surface area contributed by atoms with Gasteiger partial charge in [-0.15, -0.1) is 0 Å². The highest BCUT2D eigenvalue weighted by Gasteiger charge is 2.27. The van der Waals surface area contributed by atoms with E-state index in [1.165, 1.54) is 25.7 Å². The number of anilines is 1. The van der Waals surface area contributed by atoms with Crippen LogP contribution >= 0.6 is 11.6 Å². The maximum Gasteiger partial charge on any atom is 0.103 e. The molecule has 0 aromatic heterocycles. The van der Waals surface area contributed by atoms with Crippen molar-refractivity contribution in [1.82, 2.24) is 4.90 Å². The zero-order valence-electron chi connectivity index (χ0n) is 11.7. The highest BCUT2D eigenvalue weighted by atomic mass is 35.5. The molecule has 4 heteroatoms. The van der Waals surface area contributed by atoms with Gasteiger partial charge in [0.05, 0.1) is 16.3 Å². The molecule has 1 aliphatic heterocycles. The topological polar surface area (TPSA) is 30.3 Å². The van der Waals surface area contributed by atoms with Crippen molar-refractivity contribution in [3.63, 3.8) is 0 Å². The van der Waals surface area contributed by atoms with Gasteiger partial charge < -0.3 is 4.90 Å². The normalized spacial score (nSPS) is 21.1. The summed E-state index contributed by atoms with van der Waals surface area (Å²) in [5.41, 5.74) is 1.61. The van der Waals surface area contributed by atoms with Crippen molar-refractivity contribution in [2.75, 3.05) is 31.1 Å². The first-order valence-electron chi connectivity index (χ1n) is 7.47. The maximum atomic E-state index is 9.28. The largest absolute Gasteiger partial charge is 0.368 e.